The Morgan fingerprint density at radius 1 is 1.36 bits per heavy atom. The molecule has 2 nitrogen and oxygen atoms in total. The summed E-state index contributed by atoms with van der Waals surface area (Å²) in [5.41, 5.74) is 2.03. The smallest absolute Gasteiger partial charge is 0.309 e. The molecule has 0 radical (unpaired) electrons. The molecule has 0 saturated heterocycles. The van der Waals surface area contributed by atoms with Crippen molar-refractivity contribution in [3.8, 4) is 0 Å². The number of carboxylic acids is 1. The molecule has 2 heteroatoms. The van der Waals surface area contributed by atoms with Gasteiger partial charge in [-0.05, 0) is 66.5 Å². The minimum absolute atomic E-state index is 0.312. The van der Waals surface area contributed by atoms with Gasteiger partial charge in [0, 0.05) is 2.74 Å². The zero-order chi connectivity index (χ0) is 17.9. The maximum absolute atomic E-state index is 12.0. The van der Waals surface area contributed by atoms with Crippen LogP contribution in [-0.4, -0.2) is 11.1 Å². The van der Waals surface area contributed by atoms with E-state index in [1.807, 2.05) is 0 Å². The predicted molar refractivity (Wildman–Crippen MR) is 89.3 cm³/mol. The van der Waals surface area contributed by atoms with Gasteiger partial charge >= 0.3 is 5.97 Å². The summed E-state index contributed by atoms with van der Waals surface area (Å²) in [6.07, 6.45) is 1.05. The third-order valence-electron chi connectivity index (χ3n) is 6.06. The van der Waals surface area contributed by atoms with Crippen LogP contribution in [-0.2, 0) is 16.6 Å². The molecule has 0 heterocycles. The van der Waals surface area contributed by atoms with E-state index >= 15 is 0 Å². The van der Waals surface area contributed by atoms with E-state index in [4.69, 9.17) is 2.74 Å². The lowest BCUT2D eigenvalue weighted by Crippen LogP contribution is -2.52. The molecule has 0 unspecified atom stereocenters. The summed E-state index contributed by atoms with van der Waals surface area (Å²) in [5.74, 6) is -0.951. The van der Waals surface area contributed by atoms with Crippen molar-refractivity contribution in [1.82, 2.24) is 0 Å². The molecule has 120 valence electrons. The molecule has 0 amide bonds. The molecule has 1 N–H and O–H groups in total. The highest BCUT2D eigenvalue weighted by Gasteiger charge is 2.55. The minimum Gasteiger partial charge on any atom is -0.481 e. The molecule has 1 aromatic rings. The molecule has 2 aliphatic rings. The van der Waals surface area contributed by atoms with E-state index in [-0.39, 0.29) is 0 Å². The molecular formula is C20H28O2. The number of benzene rings is 1. The first-order chi connectivity index (χ1) is 11.0. The summed E-state index contributed by atoms with van der Waals surface area (Å²) in [7, 11) is 0. The normalized spacial score (nSPS) is 37.8. The standard InChI is InChI=1S/C20H28O2/c1-13(2)14-6-8-16-15(12-14)7-9-17-19(16,3)10-5-11-20(17,4)18(21)22/h6,8,12-13,17H,5,7,9-11H2,1-4H3,(H,21,22)/t17-,19-,20-/m1/s1/i9D2. The lowest BCUT2D eigenvalue weighted by molar-refractivity contribution is -0.157. The van der Waals surface area contributed by atoms with Gasteiger partial charge in [0.05, 0.1) is 5.41 Å². The van der Waals surface area contributed by atoms with Crippen LogP contribution in [0.3, 0.4) is 0 Å². The van der Waals surface area contributed by atoms with Gasteiger partial charge < -0.3 is 5.11 Å². The van der Waals surface area contributed by atoms with Gasteiger partial charge in [0.15, 0.2) is 0 Å². The fraction of sp³-hybridized carbons (Fsp3) is 0.650. The Morgan fingerprint density at radius 3 is 2.73 bits per heavy atom. The molecular weight excluding hydrogens is 272 g/mol. The Hall–Kier alpha value is -1.31. The van der Waals surface area contributed by atoms with Crippen LogP contribution in [0.25, 0.3) is 0 Å². The quantitative estimate of drug-likeness (QED) is 0.843. The van der Waals surface area contributed by atoms with Gasteiger partial charge in [-0.25, -0.2) is 0 Å². The first kappa shape index (κ1) is 13.2. The Balaban J connectivity index is 2.21. The van der Waals surface area contributed by atoms with Gasteiger partial charge in [-0.3, -0.25) is 4.79 Å². The van der Waals surface area contributed by atoms with Crippen molar-refractivity contribution in [1.29, 1.82) is 0 Å². The lowest BCUT2D eigenvalue weighted by Gasteiger charge is -2.53. The van der Waals surface area contributed by atoms with Crippen LogP contribution in [0, 0.1) is 11.3 Å². The second kappa shape index (κ2) is 5.11. The molecule has 1 fully saturated rings. The summed E-state index contributed by atoms with van der Waals surface area (Å²) in [6.45, 7) is 8.13. The third kappa shape index (κ3) is 2.11. The van der Waals surface area contributed by atoms with Crippen LogP contribution in [0.15, 0.2) is 18.2 Å². The minimum atomic E-state index is -1.51. The summed E-state index contributed by atoms with van der Waals surface area (Å²) in [5, 5.41) is 9.88. The van der Waals surface area contributed by atoms with Gasteiger partial charge in [0.2, 0.25) is 0 Å². The number of aryl methyl sites for hydroxylation is 1. The van der Waals surface area contributed by atoms with E-state index in [0.29, 0.717) is 18.8 Å². The average Bonchev–Trinajstić information content (AvgIpc) is 2.45. The van der Waals surface area contributed by atoms with Gasteiger partial charge in [0.1, 0.15) is 0 Å². The Morgan fingerprint density at radius 2 is 2.09 bits per heavy atom. The first-order valence-electron chi connectivity index (χ1n) is 9.39. The highest BCUT2D eigenvalue weighted by atomic mass is 16.4. The first-order valence-corrected chi connectivity index (χ1v) is 8.39. The number of hydrogen-bond acceptors (Lipinski definition) is 1. The lowest BCUT2D eigenvalue weighted by atomic mass is 9.50. The highest BCUT2D eigenvalue weighted by molar-refractivity contribution is 5.75. The number of aliphatic carboxylic acids is 1. The van der Waals surface area contributed by atoms with E-state index in [9.17, 15) is 9.90 Å². The van der Waals surface area contributed by atoms with E-state index < -0.39 is 29.1 Å². The molecule has 2 aliphatic carbocycles. The van der Waals surface area contributed by atoms with Crippen molar-refractivity contribution in [3.63, 3.8) is 0 Å². The summed E-state index contributed by atoms with van der Waals surface area (Å²) < 4.78 is 17.5. The zero-order valence-electron chi connectivity index (χ0n) is 16.1. The summed E-state index contributed by atoms with van der Waals surface area (Å²) in [6, 6.07) is 6.42. The van der Waals surface area contributed by atoms with Crippen molar-refractivity contribution < 1.29 is 12.6 Å². The number of hydrogen-bond donors (Lipinski definition) is 1. The van der Waals surface area contributed by atoms with Crippen molar-refractivity contribution >= 4 is 5.97 Å². The topological polar surface area (TPSA) is 37.3 Å². The van der Waals surface area contributed by atoms with Crippen molar-refractivity contribution in [2.24, 2.45) is 11.3 Å². The van der Waals surface area contributed by atoms with Crippen LogP contribution < -0.4 is 0 Å². The van der Waals surface area contributed by atoms with E-state index in [2.05, 4.69) is 39.0 Å². The van der Waals surface area contributed by atoms with E-state index in [1.165, 1.54) is 11.1 Å². The van der Waals surface area contributed by atoms with Crippen molar-refractivity contribution in [2.75, 3.05) is 0 Å². The molecule has 3 atom stereocenters. The fourth-order valence-corrected chi connectivity index (χ4v) is 4.67. The van der Waals surface area contributed by atoms with Gasteiger partial charge in [-0.2, -0.15) is 0 Å². The maximum Gasteiger partial charge on any atom is 0.309 e. The second-order valence-corrected chi connectivity index (χ2v) is 7.88. The van der Waals surface area contributed by atoms with Crippen LogP contribution in [0.1, 0.15) is 78.7 Å². The SMILES string of the molecule is [2H]C1([2H])Cc2cc(C(C)C)ccc2[C@@]2(C)CCC[C@@](C)(C(=O)O)[C@H]12. The van der Waals surface area contributed by atoms with Crippen molar-refractivity contribution in [3.05, 3.63) is 34.9 Å². The molecule has 3 rings (SSSR count). The Kier molecular flexibility index (Phi) is 3.06. The molecule has 22 heavy (non-hydrogen) atoms. The zero-order valence-corrected chi connectivity index (χ0v) is 14.1. The predicted octanol–water partition coefficient (Wildman–Crippen LogP) is 4.90. The summed E-state index contributed by atoms with van der Waals surface area (Å²) >= 11 is 0. The average molecular weight is 302 g/mol. The number of fused-ring (bicyclic) bond motifs is 3. The molecule has 0 bridgehead atoms. The molecule has 0 aliphatic heterocycles. The highest BCUT2D eigenvalue weighted by Crippen LogP contribution is 2.57. The largest absolute Gasteiger partial charge is 0.481 e. The van der Waals surface area contributed by atoms with Crippen LogP contribution in [0.4, 0.5) is 0 Å². The van der Waals surface area contributed by atoms with Crippen molar-refractivity contribution in [2.45, 2.75) is 71.1 Å². The Labute approximate surface area is 136 Å². The fourth-order valence-electron chi connectivity index (χ4n) is 4.67. The van der Waals surface area contributed by atoms with Gasteiger partial charge in [0.25, 0.3) is 0 Å². The number of rotatable bonds is 2. The molecule has 1 saturated carbocycles. The monoisotopic (exact) mass is 302 g/mol. The third-order valence-corrected chi connectivity index (χ3v) is 6.06. The van der Waals surface area contributed by atoms with Crippen LogP contribution in [0.2, 0.25) is 0 Å². The number of carboxylic acid groups (broad SMARTS) is 1. The maximum atomic E-state index is 12.0. The van der Waals surface area contributed by atoms with Gasteiger partial charge in [-0.15, -0.1) is 0 Å². The van der Waals surface area contributed by atoms with E-state index in [0.717, 1.165) is 18.4 Å². The van der Waals surface area contributed by atoms with Crippen LogP contribution >= 0.6 is 0 Å². The molecule has 0 aromatic heterocycles. The second-order valence-electron chi connectivity index (χ2n) is 7.88. The molecule has 0 spiro atoms. The van der Waals surface area contributed by atoms with Crippen LogP contribution in [0.5, 0.6) is 0 Å². The summed E-state index contributed by atoms with van der Waals surface area (Å²) in [4.78, 5) is 12.0. The Bertz CT molecular complexity index is 682. The van der Waals surface area contributed by atoms with Gasteiger partial charge in [-0.1, -0.05) is 45.4 Å². The van der Waals surface area contributed by atoms with E-state index in [1.54, 1.807) is 6.92 Å². The molecule has 1 aromatic carbocycles. The number of carbonyl (C=O) groups is 1.